The fourth-order valence-corrected chi connectivity index (χ4v) is 4.04. The van der Waals surface area contributed by atoms with Crippen LogP contribution in [0.5, 0.6) is 0 Å². The van der Waals surface area contributed by atoms with E-state index < -0.39 is 0 Å². The topological polar surface area (TPSA) is 59.3 Å². The van der Waals surface area contributed by atoms with Gasteiger partial charge in [-0.3, -0.25) is 4.79 Å². The molecule has 3 heterocycles. The number of hydrogen-bond donors (Lipinski definition) is 1. The SMILES string of the molecule is Cc1ccsc1-c1cccc(Nc2nn3c(=O)ccnc3s2)c1. The van der Waals surface area contributed by atoms with Crippen molar-refractivity contribution in [2.24, 2.45) is 0 Å². The molecule has 0 bridgehead atoms. The molecule has 23 heavy (non-hydrogen) atoms. The lowest BCUT2D eigenvalue weighted by Gasteiger charge is -2.05. The maximum atomic E-state index is 11.7. The van der Waals surface area contributed by atoms with Crippen LogP contribution in [0, 0.1) is 6.92 Å². The van der Waals surface area contributed by atoms with Gasteiger partial charge in [-0.1, -0.05) is 23.5 Å². The lowest BCUT2D eigenvalue weighted by atomic mass is 10.1. The second-order valence-electron chi connectivity index (χ2n) is 5.02. The Bertz CT molecular complexity index is 1050. The molecule has 0 aliphatic carbocycles. The third-order valence-corrected chi connectivity index (χ3v) is 5.31. The average Bonchev–Trinajstić information content (AvgIpc) is 3.14. The normalized spacial score (nSPS) is 11.0. The van der Waals surface area contributed by atoms with Crippen LogP contribution < -0.4 is 10.9 Å². The number of rotatable bonds is 3. The molecule has 0 aliphatic rings. The summed E-state index contributed by atoms with van der Waals surface area (Å²) >= 11 is 3.07. The van der Waals surface area contributed by atoms with Crippen molar-refractivity contribution in [3.8, 4) is 10.4 Å². The Kier molecular flexibility index (Phi) is 3.44. The third-order valence-electron chi connectivity index (χ3n) is 3.41. The number of anilines is 2. The van der Waals surface area contributed by atoms with Gasteiger partial charge < -0.3 is 5.32 Å². The molecule has 0 atom stereocenters. The molecule has 0 aliphatic heterocycles. The van der Waals surface area contributed by atoms with Crippen molar-refractivity contribution in [3.05, 3.63) is 63.9 Å². The Morgan fingerprint density at radius 3 is 2.91 bits per heavy atom. The van der Waals surface area contributed by atoms with Gasteiger partial charge in [-0.15, -0.1) is 16.4 Å². The summed E-state index contributed by atoms with van der Waals surface area (Å²) in [4.78, 5) is 17.7. The smallest absolute Gasteiger partial charge is 0.275 e. The van der Waals surface area contributed by atoms with Gasteiger partial charge in [0.1, 0.15) is 0 Å². The van der Waals surface area contributed by atoms with E-state index in [1.54, 1.807) is 11.3 Å². The zero-order valence-corrected chi connectivity index (χ0v) is 13.8. The summed E-state index contributed by atoms with van der Waals surface area (Å²) in [5.74, 6) is 0. The summed E-state index contributed by atoms with van der Waals surface area (Å²) in [6, 6.07) is 11.7. The van der Waals surface area contributed by atoms with E-state index in [0.29, 0.717) is 10.1 Å². The molecule has 3 aromatic heterocycles. The molecule has 7 heteroatoms. The highest BCUT2D eigenvalue weighted by atomic mass is 32.1. The molecule has 0 unspecified atom stereocenters. The summed E-state index contributed by atoms with van der Waals surface area (Å²) in [7, 11) is 0. The average molecular weight is 340 g/mol. The lowest BCUT2D eigenvalue weighted by Crippen LogP contribution is -2.12. The molecule has 0 saturated heterocycles. The minimum atomic E-state index is -0.178. The number of thiophene rings is 1. The van der Waals surface area contributed by atoms with Gasteiger partial charge in [0, 0.05) is 22.8 Å². The second-order valence-corrected chi connectivity index (χ2v) is 6.90. The minimum Gasteiger partial charge on any atom is -0.330 e. The maximum Gasteiger partial charge on any atom is 0.275 e. The van der Waals surface area contributed by atoms with Gasteiger partial charge in [0.2, 0.25) is 10.1 Å². The van der Waals surface area contributed by atoms with Crippen LogP contribution in [0.3, 0.4) is 0 Å². The van der Waals surface area contributed by atoms with Crippen molar-refractivity contribution in [1.82, 2.24) is 14.6 Å². The van der Waals surface area contributed by atoms with Crippen molar-refractivity contribution in [1.29, 1.82) is 0 Å². The Morgan fingerprint density at radius 2 is 2.13 bits per heavy atom. The van der Waals surface area contributed by atoms with Crippen molar-refractivity contribution >= 4 is 38.5 Å². The van der Waals surface area contributed by atoms with Crippen LogP contribution in [0.4, 0.5) is 10.8 Å². The van der Waals surface area contributed by atoms with Crippen LogP contribution in [0.15, 0.2) is 52.8 Å². The first kappa shape index (κ1) is 14.1. The number of fused-ring (bicyclic) bond motifs is 1. The summed E-state index contributed by atoms with van der Waals surface area (Å²) in [6.07, 6.45) is 1.50. The van der Waals surface area contributed by atoms with Gasteiger partial charge in [-0.05, 0) is 41.6 Å². The van der Waals surface area contributed by atoms with Gasteiger partial charge in [0.15, 0.2) is 0 Å². The number of nitrogens with one attached hydrogen (secondary N) is 1. The van der Waals surface area contributed by atoms with Crippen LogP contribution in [0.25, 0.3) is 15.4 Å². The van der Waals surface area contributed by atoms with E-state index in [9.17, 15) is 4.79 Å². The van der Waals surface area contributed by atoms with E-state index in [1.807, 2.05) is 12.1 Å². The molecule has 0 spiro atoms. The van der Waals surface area contributed by atoms with E-state index in [0.717, 1.165) is 5.69 Å². The molecular weight excluding hydrogens is 328 g/mol. The van der Waals surface area contributed by atoms with E-state index in [1.165, 1.54) is 44.1 Å². The van der Waals surface area contributed by atoms with Gasteiger partial charge >= 0.3 is 0 Å². The highest BCUT2D eigenvalue weighted by Gasteiger charge is 2.08. The number of hydrogen-bond acceptors (Lipinski definition) is 6. The van der Waals surface area contributed by atoms with Crippen molar-refractivity contribution in [2.45, 2.75) is 6.92 Å². The van der Waals surface area contributed by atoms with Crippen LogP contribution in [-0.4, -0.2) is 14.6 Å². The van der Waals surface area contributed by atoms with Crippen molar-refractivity contribution in [2.75, 3.05) is 5.32 Å². The van der Waals surface area contributed by atoms with Gasteiger partial charge in [0.25, 0.3) is 5.56 Å². The molecule has 4 rings (SSSR count). The molecule has 114 valence electrons. The summed E-state index contributed by atoms with van der Waals surface area (Å²) in [5, 5.41) is 10.3. The molecule has 0 amide bonds. The molecule has 0 radical (unpaired) electrons. The molecule has 0 fully saturated rings. The highest BCUT2D eigenvalue weighted by Crippen LogP contribution is 2.31. The number of benzene rings is 1. The maximum absolute atomic E-state index is 11.7. The summed E-state index contributed by atoms with van der Waals surface area (Å²) in [5.41, 5.74) is 3.19. The van der Waals surface area contributed by atoms with E-state index >= 15 is 0 Å². The first-order chi connectivity index (χ1) is 11.2. The van der Waals surface area contributed by atoms with Crippen LogP contribution >= 0.6 is 22.7 Å². The number of aromatic nitrogens is 3. The van der Waals surface area contributed by atoms with Crippen LogP contribution in [0.2, 0.25) is 0 Å². The zero-order chi connectivity index (χ0) is 15.8. The Morgan fingerprint density at radius 1 is 1.22 bits per heavy atom. The molecule has 1 N–H and O–H groups in total. The van der Waals surface area contributed by atoms with Crippen LogP contribution in [-0.2, 0) is 0 Å². The number of aryl methyl sites for hydroxylation is 1. The lowest BCUT2D eigenvalue weighted by molar-refractivity contribution is 0.903. The molecule has 0 saturated carbocycles. The van der Waals surface area contributed by atoms with Gasteiger partial charge in [-0.2, -0.15) is 4.52 Å². The molecular formula is C16H12N4OS2. The molecule has 5 nitrogen and oxygen atoms in total. The van der Waals surface area contributed by atoms with E-state index in [4.69, 9.17) is 0 Å². The Balaban J connectivity index is 1.69. The minimum absolute atomic E-state index is 0.178. The van der Waals surface area contributed by atoms with E-state index in [-0.39, 0.29) is 5.56 Å². The quantitative estimate of drug-likeness (QED) is 0.614. The molecule has 4 aromatic rings. The first-order valence-electron chi connectivity index (χ1n) is 6.97. The largest absolute Gasteiger partial charge is 0.330 e. The fraction of sp³-hybridized carbons (Fsp3) is 0.0625. The summed E-state index contributed by atoms with van der Waals surface area (Å²) < 4.78 is 1.31. The third kappa shape index (κ3) is 2.64. The predicted molar refractivity (Wildman–Crippen MR) is 94.9 cm³/mol. The van der Waals surface area contributed by atoms with E-state index in [2.05, 4.69) is 45.9 Å². The second kappa shape index (κ2) is 5.60. The predicted octanol–water partition coefficient (Wildman–Crippen LogP) is 3.93. The Hall–Kier alpha value is -2.51. The fourth-order valence-electron chi connectivity index (χ4n) is 2.32. The molecule has 1 aromatic carbocycles. The Labute approximate surface area is 139 Å². The van der Waals surface area contributed by atoms with Gasteiger partial charge in [-0.25, -0.2) is 4.98 Å². The zero-order valence-electron chi connectivity index (χ0n) is 12.2. The highest BCUT2D eigenvalue weighted by molar-refractivity contribution is 7.20. The van der Waals surface area contributed by atoms with Gasteiger partial charge in [0.05, 0.1) is 0 Å². The monoisotopic (exact) mass is 340 g/mol. The first-order valence-corrected chi connectivity index (χ1v) is 8.67. The standard InChI is InChI=1S/C16H12N4OS2/c1-10-6-8-22-14(10)11-3-2-4-12(9-11)18-15-19-20-13(21)5-7-17-16(20)23-15/h2-9H,1H3,(H,18,19). The van der Waals surface area contributed by atoms with Crippen LogP contribution in [0.1, 0.15) is 5.56 Å². The van der Waals surface area contributed by atoms with Crippen molar-refractivity contribution < 1.29 is 0 Å². The van der Waals surface area contributed by atoms with Crippen molar-refractivity contribution in [3.63, 3.8) is 0 Å². The number of nitrogens with zero attached hydrogens (tertiary/aromatic N) is 3. The summed E-state index contributed by atoms with van der Waals surface area (Å²) in [6.45, 7) is 2.11.